The summed E-state index contributed by atoms with van der Waals surface area (Å²) in [6.45, 7) is 3.77. The van der Waals surface area contributed by atoms with E-state index in [0.717, 1.165) is 5.69 Å². The number of carbonyl (C=O) groups is 1. The summed E-state index contributed by atoms with van der Waals surface area (Å²) >= 11 is 0. The monoisotopic (exact) mass is 255 g/mol. The van der Waals surface area contributed by atoms with E-state index in [2.05, 4.69) is 10.5 Å². The first-order valence-corrected chi connectivity index (χ1v) is 5.85. The van der Waals surface area contributed by atoms with Gasteiger partial charge in [-0.1, -0.05) is 5.16 Å². The Labute approximate surface area is 105 Å². The van der Waals surface area contributed by atoms with Crippen LogP contribution in [0.1, 0.15) is 5.69 Å². The Morgan fingerprint density at radius 2 is 2.56 bits per heavy atom. The molecular formula is C11H17N3O4. The van der Waals surface area contributed by atoms with Crippen molar-refractivity contribution in [2.45, 2.75) is 13.0 Å². The largest absolute Gasteiger partial charge is 0.394 e. The second kappa shape index (κ2) is 5.94. The molecule has 1 aliphatic heterocycles. The van der Waals surface area contributed by atoms with Crippen LogP contribution < -0.4 is 5.32 Å². The minimum absolute atomic E-state index is 0.0284. The van der Waals surface area contributed by atoms with Gasteiger partial charge in [0.2, 0.25) is 11.8 Å². The van der Waals surface area contributed by atoms with Gasteiger partial charge in [-0.05, 0) is 6.92 Å². The van der Waals surface area contributed by atoms with E-state index >= 15 is 0 Å². The number of rotatable bonds is 4. The fraction of sp³-hybridized carbons (Fsp3) is 0.636. The van der Waals surface area contributed by atoms with E-state index in [4.69, 9.17) is 14.4 Å². The normalized spacial score (nSPS) is 20.9. The van der Waals surface area contributed by atoms with Crippen LogP contribution in [0.3, 0.4) is 0 Å². The first-order valence-electron chi connectivity index (χ1n) is 5.85. The number of aliphatic hydroxyl groups excluding tert-OH is 1. The number of aliphatic hydroxyl groups is 1. The maximum Gasteiger partial charge on any atom is 0.240 e. The van der Waals surface area contributed by atoms with Crippen LogP contribution in [-0.2, 0) is 9.53 Å². The SMILES string of the molecule is Cc1cc(NC(=O)CN2CCOC(CO)C2)on1. The Morgan fingerprint density at radius 3 is 3.22 bits per heavy atom. The predicted molar refractivity (Wildman–Crippen MR) is 63.1 cm³/mol. The molecule has 1 aromatic rings. The highest BCUT2D eigenvalue weighted by Crippen LogP contribution is 2.09. The van der Waals surface area contributed by atoms with E-state index in [0.29, 0.717) is 25.6 Å². The van der Waals surface area contributed by atoms with Gasteiger partial charge in [0, 0.05) is 19.2 Å². The Kier molecular flexibility index (Phi) is 4.29. The van der Waals surface area contributed by atoms with Crippen molar-refractivity contribution in [3.8, 4) is 0 Å². The third-order valence-electron chi connectivity index (χ3n) is 2.68. The number of carbonyl (C=O) groups excluding carboxylic acids is 1. The number of nitrogens with one attached hydrogen (secondary N) is 1. The molecule has 2 N–H and O–H groups in total. The second-order valence-corrected chi connectivity index (χ2v) is 4.29. The van der Waals surface area contributed by atoms with Crippen molar-refractivity contribution in [3.05, 3.63) is 11.8 Å². The molecule has 7 nitrogen and oxygen atoms in total. The summed E-state index contributed by atoms with van der Waals surface area (Å²) in [4.78, 5) is 13.7. The number of amides is 1. The quantitative estimate of drug-likeness (QED) is 0.762. The van der Waals surface area contributed by atoms with E-state index in [1.807, 2.05) is 4.90 Å². The van der Waals surface area contributed by atoms with Gasteiger partial charge in [0.1, 0.15) is 0 Å². The zero-order valence-electron chi connectivity index (χ0n) is 10.3. The lowest BCUT2D eigenvalue weighted by molar-refractivity contribution is -0.120. The molecule has 2 heterocycles. The minimum atomic E-state index is -0.209. The lowest BCUT2D eigenvalue weighted by Crippen LogP contribution is -2.46. The summed E-state index contributed by atoms with van der Waals surface area (Å²) < 4.78 is 10.2. The fourth-order valence-corrected chi connectivity index (χ4v) is 1.84. The predicted octanol–water partition coefficient (Wildman–Crippen LogP) is -0.385. The molecule has 1 fully saturated rings. The van der Waals surface area contributed by atoms with Crippen molar-refractivity contribution in [3.63, 3.8) is 0 Å². The van der Waals surface area contributed by atoms with Gasteiger partial charge in [-0.2, -0.15) is 0 Å². The maximum absolute atomic E-state index is 11.7. The highest BCUT2D eigenvalue weighted by Gasteiger charge is 2.21. The molecule has 1 saturated heterocycles. The van der Waals surface area contributed by atoms with Gasteiger partial charge < -0.3 is 14.4 Å². The van der Waals surface area contributed by atoms with Crippen LogP contribution in [0.4, 0.5) is 5.88 Å². The number of hydrogen-bond donors (Lipinski definition) is 2. The van der Waals surface area contributed by atoms with Crippen molar-refractivity contribution in [1.29, 1.82) is 0 Å². The van der Waals surface area contributed by atoms with Gasteiger partial charge in [-0.25, -0.2) is 0 Å². The van der Waals surface area contributed by atoms with E-state index in [9.17, 15) is 4.79 Å². The average Bonchev–Trinajstić information content (AvgIpc) is 2.74. The molecule has 7 heteroatoms. The third kappa shape index (κ3) is 3.52. The summed E-state index contributed by atoms with van der Waals surface area (Å²) in [5.41, 5.74) is 0.719. The Balaban J connectivity index is 1.80. The van der Waals surface area contributed by atoms with Crippen LogP contribution in [0.5, 0.6) is 0 Å². The van der Waals surface area contributed by atoms with E-state index < -0.39 is 0 Å². The highest BCUT2D eigenvalue weighted by molar-refractivity contribution is 5.90. The number of hydrogen-bond acceptors (Lipinski definition) is 6. The Morgan fingerprint density at radius 1 is 1.72 bits per heavy atom. The molecule has 2 rings (SSSR count). The van der Waals surface area contributed by atoms with Gasteiger partial charge in [0.25, 0.3) is 0 Å². The summed E-state index contributed by atoms with van der Waals surface area (Å²) in [5, 5.41) is 15.3. The van der Waals surface area contributed by atoms with Gasteiger partial charge in [0.15, 0.2) is 0 Å². The topological polar surface area (TPSA) is 87.8 Å². The number of ether oxygens (including phenoxy) is 1. The number of aromatic nitrogens is 1. The van der Waals surface area contributed by atoms with Crippen molar-refractivity contribution in [2.75, 3.05) is 38.2 Å². The van der Waals surface area contributed by atoms with Crippen LogP contribution >= 0.6 is 0 Å². The van der Waals surface area contributed by atoms with Crippen LogP contribution in [0.15, 0.2) is 10.6 Å². The molecule has 1 aromatic heterocycles. The van der Waals surface area contributed by atoms with Gasteiger partial charge >= 0.3 is 0 Å². The molecule has 0 saturated carbocycles. The van der Waals surface area contributed by atoms with Crippen molar-refractivity contribution >= 4 is 11.8 Å². The summed E-state index contributed by atoms with van der Waals surface area (Å²) in [7, 11) is 0. The molecule has 1 amide bonds. The molecule has 0 bridgehead atoms. The zero-order valence-corrected chi connectivity index (χ0v) is 10.3. The standard InChI is InChI=1S/C11H17N3O4/c1-8-4-11(18-13-8)12-10(16)6-14-2-3-17-9(5-14)7-15/h4,9,15H,2-3,5-7H2,1H3,(H,12,16). The molecule has 0 aromatic carbocycles. The van der Waals surface area contributed by atoms with E-state index in [-0.39, 0.29) is 25.2 Å². The Bertz CT molecular complexity index is 407. The maximum atomic E-state index is 11.7. The van der Waals surface area contributed by atoms with Crippen molar-refractivity contribution in [2.24, 2.45) is 0 Å². The summed E-state index contributed by atoms with van der Waals surface area (Å²) in [6, 6.07) is 1.66. The zero-order chi connectivity index (χ0) is 13.0. The van der Waals surface area contributed by atoms with Gasteiger partial charge in [-0.3, -0.25) is 15.0 Å². The van der Waals surface area contributed by atoms with Crippen LogP contribution in [0.2, 0.25) is 0 Å². The molecule has 0 radical (unpaired) electrons. The molecule has 0 spiro atoms. The lowest BCUT2D eigenvalue weighted by atomic mass is 10.3. The molecule has 1 aliphatic rings. The van der Waals surface area contributed by atoms with Gasteiger partial charge in [-0.15, -0.1) is 0 Å². The fourth-order valence-electron chi connectivity index (χ4n) is 1.84. The molecule has 0 aliphatic carbocycles. The average molecular weight is 255 g/mol. The lowest BCUT2D eigenvalue weighted by Gasteiger charge is -2.31. The molecule has 1 atom stereocenters. The van der Waals surface area contributed by atoms with Crippen LogP contribution in [0.25, 0.3) is 0 Å². The first kappa shape index (κ1) is 13.0. The van der Waals surface area contributed by atoms with Crippen LogP contribution in [-0.4, -0.2) is 60.0 Å². The molecule has 100 valence electrons. The van der Waals surface area contributed by atoms with Crippen molar-refractivity contribution in [1.82, 2.24) is 10.1 Å². The van der Waals surface area contributed by atoms with Crippen LogP contribution in [0, 0.1) is 6.92 Å². The summed E-state index contributed by atoms with van der Waals surface area (Å²) in [5.74, 6) is 0.189. The third-order valence-corrected chi connectivity index (χ3v) is 2.68. The number of nitrogens with zero attached hydrogens (tertiary/aromatic N) is 2. The molecule has 1 unspecified atom stereocenters. The minimum Gasteiger partial charge on any atom is -0.394 e. The number of aryl methyl sites for hydroxylation is 1. The first-order chi connectivity index (χ1) is 8.67. The summed E-state index contributed by atoms with van der Waals surface area (Å²) in [6.07, 6.45) is -0.209. The number of morpholine rings is 1. The number of anilines is 1. The van der Waals surface area contributed by atoms with E-state index in [1.54, 1.807) is 13.0 Å². The smallest absolute Gasteiger partial charge is 0.240 e. The highest BCUT2D eigenvalue weighted by atomic mass is 16.5. The van der Waals surface area contributed by atoms with E-state index in [1.165, 1.54) is 0 Å². The van der Waals surface area contributed by atoms with Gasteiger partial charge in [0.05, 0.1) is 31.6 Å². The molecular weight excluding hydrogens is 238 g/mol. The second-order valence-electron chi connectivity index (χ2n) is 4.29. The van der Waals surface area contributed by atoms with Crippen molar-refractivity contribution < 1.29 is 19.2 Å². The Hall–Kier alpha value is -1.44. The molecule has 18 heavy (non-hydrogen) atoms.